The molecule has 0 N–H and O–H groups in total. The Hall–Kier alpha value is -3.60. The molecule has 0 unspecified atom stereocenters. The minimum absolute atomic E-state index is 0.196. The molecule has 45 heavy (non-hydrogen) atoms. The van der Waals surface area contributed by atoms with E-state index in [9.17, 15) is 4.79 Å². The van der Waals surface area contributed by atoms with Crippen LogP contribution >= 0.6 is 45.8 Å². The largest absolute Gasteiger partial charge is 0.494 e. The van der Waals surface area contributed by atoms with Gasteiger partial charge in [0.05, 0.1) is 44.4 Å². The number of fused-ring (bicyclic) bond motifs is 1. The molecule has 0 amide bonds. The minimum atomic E-state index is -0.269. The number of benzene rings is 4. The van der Waals surface area contributed by atoms with Crippen molar-refractivity contribution in [3.05, 3.63) is 113 Å². The average Bonchev–Trinajstić information content (AvgIpc) is 3.01. The van der Waals surface area contributed by atoms with Crippen molar-refractivity contribution in [3.63, 3.8) is 0 Å². The number of halogens is 3. The third kappa shape index (κ3) is 7.13. The molecule has 0 atom stereocenters. The topological polar surface area (TPSA) is 74.9 Å². The summed E-state index contributed by atoms with van der Waals surface area (Å²) in [5.41, 5.74) is 4.68. The van der Waals surface area contributed by atoms with Gasteiger partial charge in [0, 0.05) is 5.56 Å². The Kier molecular flexibility index (Phi) is 10.4. The van der Waals surface area contributed by atoms with Gasteiger partial charge in [-0.1, -0.05) is 55.2 Å². The van der Waals surface area contributed by atoms with E-state index in [0.29, 0.717) is 44.9 Å². The fourth-order valence-electron chi connectivity index (χ4n) is 4.94. The molecule has 0 spiro atoms. The second kappa shape index (κ2) is 14.2. The van der Waals surface area contributed by atoms with Crippen molar-refractivity contribution >= 4 is 62.9 Å². The first kappa shape index (κ1) is 32.8. The van der Waals surface area contributed by atoms with Crippen molar-refractivity contribution in [2.75, 3.05) is 13.7 Å². The monoisotopic (exact) mass is 755 g/mol. The lowest BCUT2D eigenvalue weighted by Gasteiger charge is -2.18. The molecule has 10 heteroatoms. The zero-order chi connectivity index (χ0) is 32.2. The summed E-state index contributed by atoms with van der Waals surface area (Å²) >= 11 is 14.4. The highest BCUT2D eigenvalue weighted by Gasteiger charge is 2.19. The van der Waals surface area contributed by atoms with Gasteiger partial charge in [0.1, 0.15) is 12.4 Å². The summed E-state index contributed by atoms with van der Waals surface area (Å²) in [6.45, 7) is 9.02. The fraction of sp³-hybridized carbons (Fsp3) is 0.229. The van der Waals surface area contributed by atoms with E-state index in [2.05, 4.69) is 42.5 Å². The Balaban J connectivity index is 1.57. The second-order valence-electron chi connectivity index (χ2n) is 10.7. The lowest BCUT2D eigenvalue weighted by molar-refractivity contribution is 0.282. The minimum Gasteiger partial charge on any atom is -0.494 e. The van der Waals surface area contributed by atoms with Crippen LogP contribution in [-0.4, -0.2) is 29.6 Å². The summed E-state index contributed by atoms with van der Waals surface area (Å²) in [6.07, 6.45) is 1.63. The average molecular weight is 756 g/mol. The van der Waals surface area contributed by atoms with Crippen LogP contribution in [0.15, 0.2) is 76.6 Å². The predicted octanol–water partition coefficient (Wildman–Crippen LogP) is 9.28. The van der Waals surface area contributed by atoms with Crippen LogP contribution in [-0.2, 0) is 6.61 Å². The van der Waals surface area contributed by atoms with E-state index in [1.54, 1.807) is 31.5 Å². The van der Waals surface area contributed by atoms with Crippen molar-refractivity contribution in [1.29, 1.82) is 0 Å². The van der Waals surface area contributed by atoms with Gasteiger partial charge in [0.2, 0.25) is 0 Å². The maximum absolute atomic E-state index is 13.9. The Morgan fingerprint density at radius 1 is 1.00 bits per heavy atom. The van der Waals surface area contributed by atoms with Crippen LogP contribution in [0.4, 0.5) is 0 Å². The zero-order valence-corrected chi connectivity index (χ0v) is 29.2. The first-order chi connectivity index (χ1) is 21.6. The standard InChI is InChI=1S/C35H32Cl2IN3O4/c1-6-44-31-13-21(4)26(17-25(31)20(2)3)34-40-30-10-8-7-9-24(30)35(42)41(34)39-18-23-15-29(38)33(32(16-23)43-5)45-19-22-11-12-27(36)28(37)14-22/h7-18,20H,6,19H2,1-5H3. The van der Waals surface area contributed by atoms with Gasteiger partial charge in [-0.25, -0.2) is 4.98 Å². The summed E-state index contributed by atoms with van der Waals surface area (Å²) in [7, 11) is 1.58. The summed E-state index contributed by atoms with van der Waals surface area (Å²) in [5.74, 6) is 2.58. The molecule has 4 aromatic carbocycles. The van der Waals surface area contributed by atoms with Crippen molar-refractivity contribution < 1.29 is 14.2 Å². The summed E-state index contributed by atoms with van der Waals surface area (Å²) in [4.78, 5) is 18.8. The molecule has 0 aliphatic rings. The highest BCUT2D eigenvalue weighted by Crippen LogP contribution is 2.36. The molecule has 0 aliphatic heterocycles. The van der Waals surface area contributed by atoms with E-state index in [0.717, 1.165) is 37.1 Å². The first-order valence-electron chi connectivity index (χ1n) is 14.4. The number of hydrogen-bond donors (Lipinski definition) is 0. The van der Waals surface area contributed by atoms with Crippen molar-refractivity contribution in [2.45, 2.75) is 40.2 Å². The lowest BCUT2D eigenvalue weighted by Crippen LogP contribution is -2.21. The van der Waals surface area contributed by atoms with Gasteiger partial charge in [-0.3, -0.25) is 4.79 Å². The smallest absolute Gasteiger partial charge is 0.282 e. The molecular weight excluding hydrogens is 724 g/mol. The number of hydrogen-bond acceptors (Lipinski definition) is 6. The predicted molar refractivity (Wildman–Crippen MR) is 191 cm³/mol. The first-order valence-corrected chi connectivity index (χ1v) is 16.2. The number of nitrogens with zero attached hydrogens (tertiary/aromatic N) is 3. The van der Waals surface area contributed by atoms with Crippen molar-refractivity contribution in [2.24, 2.45) is 5.10 Å². The number of aryl methyl sites for hydroxylation is 1. The number of rotatable bonds is 10. The number of ether oxygens (including phenoxy) is 3. The Morgan fingerprint density at radius 3 is 2.49 bits per heavy atom. The molecule has 5 aromatic rings. The Morgan fingerprint density at radius 2 is 1.78 bits per heavy atom. The zero-order valence-electron chi connectivity index (χ0n) is 25.5. The van der Waals surface area contributed by atoms with Crippen molar-refractivity contribution in [1.82, 2.24) is 9.66 Å². The molecule has 0 bridgehead atoms. The van der Waals surface area contributed by atoms with Crippen LogP contribution in [0.2, 0.25) is 10.0 Å². The van der Waals surface area contributed by atoms with Crippen LogP contribution in [0, 0.1) is 10.5 Å². The van der Waals surface area contributed by atoms with Gasteiger partial charge in [-0.15, -0.1) is 0 Å². The van der Waals surface area contributed by atoms with Gasteiger partial charge in [0.25, 0.3) is 5.56 Å². The molecule has 0 saturated heterocycles. The summed E-state index contributed by atoms with van der Waals surface area (Å²) in [6, 6.07) is 20.4. The molecule has 0 saturated carbocycles. The van der Waals surface area contributed by atoms with Crippen molar-refractivity contribution in [3.8, 4) is 28.6 Å². The van der Waals surface area contributed by atoms with E-state index in [1.807, 2.05) is 56.3 Å². The van der Waals surface area contributed by atoms with Gasteiger partial charge in [-0.2, -0.15) is 9.78 Å². The van der Waals surface area contributed by atoms with Crippen LogP contribution in [0.1, 0.15) is 48.9 Å². The van der Waals surface area contributed by atoms with Crippen LogP contribution in [0.5, 0.6) is 17.2 Å². The molecule has 1 heterocycles. The van der Waals surface area contributed by atoms with Gasteiger partial charge in [-0.05, 0) is 113 Å². The Bertz CT molecular complexity index is 1970. The van der Waals surface area contributed by atoms with E-state index < -0.39 is 0 Å². The lowest BCUT2D eigenvalue weighted by atomic mass is 9.96. The third-order valence-electron chi connectivity index (χ3n) is 7.21. The molecule has 1 aromatic heterocycles. The third-order valence-corrected chi connectivity index (χ3v) is 8.75. The van der Waals surface area contributed by atoms with E-state index in [4.69, 9.17) is 47.5 Å². The normalized spacial score (nSPS) is 11.5. The number of para-hydroxylation sites is 1. The highest BCUT2D eigenvalue weighted by molar-refractivity contribution is 14.1. The van der Waals surface area contributed by atoms with E-state index in [1.165, 1.54) is 4.68 Å². The van der Waals surface area contributed by atoms with Crippen LogP contribution in [0.3, 0.4) is 0 Å². The molecule has 0 fully saturated rings. The fourth-order valence-corrected chi connectivity index (χ4v) is 6.04. The number of aromatic nitrogens is 2. The van der Waals surface area contributed by atoms with Gasteiger partial charge in [0.15, 0.2) is 17.3 Å². The molecule has 7 nitrogen and oxygen atoms in total. The quantitative estimate of drug-likeness (QED) is 0.105. The SMILES string of the molecule is CCOc1cc(C)c(-c2nc3ccccc3c(=O)n2N=Cc2cc(I)c(OCc3ccc(Cl)c(Cl)c3)c(OC)c2)cc1C(C)C. The van der Waals surface area contributed by atoms with Gasteiger partial charge >= 0.3 is 0 Å². The summed E-state index contributed by atoms with van der Waals surface area (Å²) in [5, 5.41) is 6.12. The number of methoxy groups -OCH3 is 1. The van der Waals surface area contributed by atoms with E-state index in [-0.39, 0.29) is 18.1 Å². The maximum Gasteiger partial charge on any atom is 0.282 e. The van der Waals surface area contributed by atoms with Gasteiger partial charge < -0.3 is 14.2 Å². The highest BCUT2D eigenvalue weighted by atomic mass is 127. The van der Waals surface area contributed by atoms with Crippen LogP contribution in [0.25, 0.3) is 22.3 Å². The summed E-state index contributed by atoms with van der Waals surface area (Å²) < 4.78 is 19.9. The molecule has 0 radical (unpaired) electrons. The molecule has 232 valence electrons. The molecular formula is C35H32Cl2IN3O4. The Labute approximate surface area is 285 Å². The van der Waals surface area contributed by atoms with E-state index >= 15 is 0 Å². The second-order valence-corrected chi connectivity index (χ2v) is 12.7. The van der Waals surface area contributed by atoms with Crippen LogP contribution < -0.4 is 19.8 Å². The maximum atomic E-state index is 13.9. The molecule has 5 rings (SSSR count). The molecule has 0 aliphatic carbocycles.